The SMILES string of the molecule is Cc1cccc(NC(=O)c2cccc([N+](=O)[O-])c2Br)n1. The summed E-state index contributed by atoms with van der Waals surface area (Å²) in [5, 5.41) is 13.4. The van der Waals surface area contributed by atoms with Gasteiger partial charge in [0.05, 0.1) is 10.5 Å². The van der Waals surface area contributed by atoms with Crippen molar-refractivity contribution in [3.63, 3.8) is 0 Å². The quantitative estimate of drug-likeness (QED) is 0.688. The van der Waals surface area contributed by atoms with Crippen molar-refractivity contribution >= 4 is 33.3 Å². The van der Waals surface area contributed by atoms with E-state index in [1.54, 1.807) is 25.1 Å². The van der Waals surface area contributed by atoms with Gasteiger partial charge >= 0.3 is 0 Å². The molecule has 7 heteroatoms. The van der Waals surface area contributed by atoms with Gasteiger partial charge in [0.25, 0.3) is 11.6 Å². The highest BCUT2D eigenvalue weighted by Crippen LogP contribution is 2.28. The maximum atomic E-state index is 12.1. The molecule has 0 radical (unpaired) electrons. The zero-order chi connectivity index (χ0) is 14.7. The summed E-state index contributed by atoms with van der Waals surface area (Å²) in [7, 11) is 0. The summed E-state index contributed by atoms with van der Waals surface area (Å²) in [6, 6.07) is 9.50. The zero-order valence-corrected chi connectivity index (χ0v) is 12.0. The number of aromatic nitrogens is 1. The summed E-state index contributed by atoms with van der Waals surface area (Å²) in [5.41, 5.74) is 0.790. The number of hydrogen-bond donors (Lipinski definition) is 1. The van der Waals surface area contributed by atoms with Gasteiger partial charge in [-0.25, -0.2) is 4.98 Å². The second-order valence-corrected chi connectivity index (χ2v) is 4.81. The molecule has 0 saturated carbocycles. The normalized spacial score (nSPS) is 10.1. The molecule has 1 N–H and O–H groups in total. The third-order valence-corrected chi connectivity index (χ3v) is 3.38. The molecule has 0 aliphatic heterocycles. The van der Waals surface area contributed by atoms with Crippen LogP contribution in [0.5, 0.6) is 0 Å². The second kappa shape index (κ2) is 5.79. The van der Waals surface area contributed by atoms with E-state index in [0.717, 1.165) is 5.69 Å². The third kappa shape index (κ3) is 3.00. The van der Waals surface area contributed by atoms with Crippen LogP contribution in [0.3, 0.4) is 0 Å². The Morgan fingerprint density at radius 2 is 2.00 bits per heavy atom. The Bertz CT molecular complexity index is 688. The number of anilines is 1. The fraction of sp³-hybridized carbons (Fsp3) is 0.0769. The number of aryl methyl sites for hydroxylation is 1. The number of carbonyl (C=O) groups is 1. The van der Waals surface area contributed by atoms with E-state index in [4.69, 9.17) is 0 Å². The number of halogens is 1. The Hall–Kier alpha value is -2.28. The summed E-state index contributed by atoms with van der Waals surface area (Å²) >= 11 is 3.09. The molecule has 2 rings (SSSR count). The first-order valence-corrected chi connectivity index (χ1v) is 6.46. The van der Waals surface area contributed by atoms with Crippen LogP contribution in [0, 0.1) is 17.0 Å². The third-order valence-electron chi connectivity index (χ3n) is 2.55. The number of rotatable bonds is 3. The van der Waals surface area contributed by atoms with Gasteiger partial charge in [0.1, 0.15) is 10.3 Å². The van der Waals surface area contributed by atoms with Gasteiger partial charge in [0, 0.05) is 11.8 Å². The highest BCUT2D eigenvalue weighted by Gasteiger charge is 2.19. The average Bonchev–Trinajstić information content (AvgIpc) is 2.38. The first-order chi connectivity index (χ1) is 9.49. The van der Waals surface area contributed by atoms with Gasteiger partial charge in [0.2, 0.25) is 0 Å². The van der Waals surface area contributed by atoms with Crippen LogP contribution in [0.4, 0.5) is 11.5 Å². The molecule has 1 aromatic heterocycles. The Labute approximate surface area is 123 Å². The van der Waals surface area contributed by atoms with Crippen molar-refractivity contribution in [2.24, 2.45) is 0 Å². The minimum atomic E-state index is -0.550. The molecule has 0 bridgehead atoms. The number of nitrogens with one attached hydrogen (secondary N) is 1. The minimum absolute atomic E-state index is 0.148. The molecule has 1 aromatic carbocycles. The Morgan fingerprint density at radius 1 is 1.30 bits per heavy atom. The molecular formula is C13H10BrN3O3. The lowest BCUT2D eigenvalue weighted by molar-refractivity contribution is -0.385. The van der Waals surface area contributed by atoms with Crippen LogP contribution in [-0.2, 0) is 0 Å². The number of hydrogen-bond acceptors (Lipinski definition) is 4. The highest BCUT2D eigenvalue weighted by atomic mass is 79.9. The number of pyridine rings is 1. The first-order valence-electron chi connectivity index (χ1n) is 5.67. The fourth-order valence-electron chi connectivity index (χ4n) is 1.63. The molecule has 0 fully saturated rings. The number of carbonyl (C=O) groups excluding carboxylic acids is 1. The molecule has 0 saturated heterocycles. The average molecular weight is 336 g/mol. The summed E-state index contributed by atoms with van der Waals surface area (Å²) < 4.78 is 0.148. The molecule has 0 spiro atoms. The smallest absolute Gasteiger partial charge is 0.284 e. The maximum Gasteiger partial charge on any atom is 0.284 e. The van der Waals surface area contributed by atoms with Gasteiger partial charge in [-0.05, 0) is 41.1 Å². The summed E-state index contributed by atoms with van der Waals surface area (Å²) in [6.45, 7) is 1.80. The van der Waals surface area contributed by atoms with Crippen LogP contribution in [-0.4, -0.2) is 15.8 Å². The Balaban J connectivity index is 2.30. The Kier molecular flexibility index (Phi) is 4.09. The van der Waals surface area contributed by atoms with Crippen LogP contribution in [0.15, 0.2) is 40.9 Å². The van der Waals surface area contributed by atoms with Gasteiger partial charge in [-0.2, -0.15) is 0 Å². The number of benzene rings is 1. The predicted molar refractivity (Wildman–Crippen MR) is 77.7 cm³/mol. The molecule has 102 valence electrons. The van der Waals surface area contributed by atoms with Crippen molar-refractivity contribution in [2.45, 2.75) is 6.92 Å². The number of amides is 1. The van der Waals surface area contributed by atoms with Gasteiger partial charge < -0.3 is 5.32 Å². The molecule has 2 aromatic rings. The van der Waals surface area contributed by atoms with Crippen molar-refractivity contribution in [1.29, 1.82) is 0 Å². The van der Waals surface area contributed by atoms with E-state index in [9.17, 15) is 14.9 Å². The largest absolute Gasteiger partial charge is 0.307 e. The van der Waals surface area contributed by atoms with Crippen LogP contribution < -0.4 is 5.32 Å². The fourth-order valence-corrected chi connectivity index (χ4v) is 2.22. The summed E-state index contributed by atoms with van der Waals surface area (Å²) in [6.07, 6.45) is 0. The lowest BCUT2D eigenvalue weighted by Gasteiger charge is -2.07. The number of nitrogens with zero attached hydrogens (tertiary/aromatic N) is 2. The van der Waals surface area contributed by atoms with Crippen molar-refractivity contribution in [2.75, 3.05) is 5.32 Å². The van der Waals surface area contributed by atoms with Crippen LogP contribution in [0.2, 0.25) is 0 Å². The zero-order valence-electron chi connectivity index (χ0n) is 10.5. The number of nitro groups is 1. The molecule has 0 aliphatic carbocycles. The number of nitro benzene ring substituents is 1. The van der Waals surface area contributed by atoms with E-state index >= 15 is 0 Å². The molecule has 0 unspecified atom stereocenters. The van der Waals surface area contributed by atoms with Gasteiger partial charge in [-0.3, -0.25) is 14.9 Å². The monoisotopic (exact) mass is 335 g/mol. The molecular weight excluding hydrogens is 326 g/mol. The molecule has 1 heterocycles. The molecule has 6 nitrogen and oxygen atoms in total. The van der Waals surface area contributed by atoms with Crippen molar-refractivity contribution < 1.29 is 9.72 Å². The maximum absolute atomic E-state index is 12.1. The van der Waals surface area contributed by atoms with E-state index in [1.807, 2.05) is 0 Å². The standard InChI is InChI=1S/C13H10BrN3O3/c1-8-4-2-7-11(15-8)16-13(18)9-5-3-6-10(12(9)14)17(19)20/h2-7H,1H3,(H,15,16,18). The second-order valence-electron chi connectivity index (χ2n) is 4.01. The molecule has 1 amide bonds. The van der Waals surface area contributed by atoms with Gasteiger partial charge in [0.15, 0.2) is 0 Å². The summed E-state index contributed by atoms with van der Waals surface area (Å²) in [5.74, 6) is -0.0629. The van der Waals surface area contributed by atoms with Crippen molar-refractivity contribution in [3.8, 4) is 0 Å². The molecule has 20 heavy (non-hydrogen) atoms. The lowest BCUT2D eigenvalue weighted by atomic mass is 10.2. The molecule has 0 atom stereocenters. The topological polar surface area (TPSA) is 85.1 Å². The first kappa shape index (κ1) is 14.1. The van der Waals surface area contributed by atoms with E-state index < -0.39 is 10.8 Å². The highest BCUT2D eigenvalue weighted by molar-refractivity contribution is 9.10. The molecule has 0 aliphatic rings. The van der Waals surface area contributed by atoms with E-state index in [2.05, 4.69) is 26.2 Å². The van der Waals surface area contributed by atoms with Crippen molar-refractivity contribution in [3.05, 3.63) is 62.2 Å². The minimum Gasteiger partial charge on any atom is -0.307 e. The van der Waals surface area contributed by atoms with Gasteiger partial charge in [-0.15, -0.1) is 0 Å². The van der Waals surface area contributed by atoms with Crippen LogP contribution in [0.1, 0.15) is 16.1 Å². The van der Waals surface area contributed by atoms with E-state index in [0.29, 0.717) is 5.82 Å². The lowest BCUT2D eigenvalue weighted by Crippen LogP contribution is -2.14. The summed E-state index contributed by atoms with van der Waals surface area (Å²) in [4.78, 5) is 26.5. The predicted octanol–water partition coefficient (Wildman–Crippen LogP) is 3.31. The van der Waals surface area contributed by atoms with Crippen LogP contribution in [0.25, 0.3) is 0 Å². The van der Waals surface area contributed by atoms with Gasteiger partial charge in [-0.1, -0.05) is 12.1 Å². The Morgan fingerprint density at radius 3 is 2.65 bits per heavy atom. The van der Waals surface area contributed by atoms with Crippen molar-refractivity contribution in [1.82, 2.24) is 4.98 Å². The van der Waals surface area contributed by atoms with E-state index in [-0.39, 0.29) is 15.7 Å². The van der Waals surface area contributed by atoms with E-state index in [1.165, 1.54) is 18.2 Å². The van der Waals surface area contributed by atoms with Crippen LogP contribution >= 0.6 is 15.9 Å².